The molecule has 2 N–H and O–H groups in total. The quantitative estimate of drug-likeness (QED) is 0.878. The van der Waals surface area contributed by atoms with Gasteiger partial charge >= 0.3 is 5.97 Å². The highest BCUT2D eigenvalue weighted by Crippen LogP contribution is 2.44. The first-order valence-electron chi connectivity index (χ1n) is 7.58. The molecular formula is C19H17ClN2O2. The third-order valence-electron chi connectivity index (χ3n) is 4.15. The van der Waals surface area contributed by atoms with Crippen molar-refractivity contribution in [2.75, 3.05) is 0 Å². The molecule has 24 heavy (non-hydrogen) atoms. The summed E-state index contributed by atoms with van der Waals surface area (Å²) in [5.74, 6) is -1.45. The zero-order valence-electron chi connectivity index (χ0n) is 13.4. The number of carboxylic acids is 1. The maximum absolute atomic E-state index is 12.0. The molecule has 5 heteroatoms. The van der Waals surface area contributed by atoms with Gasteiger partial charge < -0.3 is 10.4 Å². The van der Waals surface area contributed by atoms with E-state index in [-0.39, 0.29) is 5.57 Å². The van der Waals surface area contributed by atoms with Crippen molar-refractivity contribution in [3.05, 3.63) is 81.9 Å². The van der Waals surface area contributed by atoms with Crippen molar-refractivity contribution >= 4 is 23.1 Å². The highest BCUT2D eigenvalue weighted by molar-refractivity contribution is 6.31. The maximum atomic E-state index is 12.0. The first-order chi connectivity index (χ1) is 11.5. The van der Waals surface area contributed by atoms with Gasteiger partial charge in [-0.2, -0.15) is 0 Å². The highest BCUT2D eigenvalue weighted by atomic mass is 35.5. The molecule has 2 heterocycles. The Balaban J connectivity index is 2.28. The Morgan fingerprint density at radius 3 is 2.46 bits per heavy atom. The molecule has 4 nitrogen and oxygen atoms in total. The molecule has 0 bridgehead atoms. The molecule has 0 spiro atoms. The van der Waals surface area contributed by atoms with Crippen LogP contribution >= 0.6 is 11.6 Å². The van der Waals surface area contributed by atoms with Gasteiger partial charge in [-0.15, -0.1) is 0 Å². The predicted octanol–water partition coefficient (Wildman–Crippen LogP) is 4.21. The molecular weight excluding hydrogens is 324 g/mol. The summed E-state index contributed by atoms with van der Waals surface area (Å²) in [5, 5.41) is 13.5. The average molecular weight is 341 g/mol. The van der Waals surface area contributed by atoms with Crippen LogP contribution in [0.15, 0.2) is 65.6 Å². The monoisotopic (exact) mass is 340 g/mol. The summed E-state index contributed by atoms with van der Waals surface area (Å²) in [6.07, 6.45) is 1.70. The van der Waals surface area contributed by atoms with E-state index in [1.807, 2.05) is 43.3 Å². The van der Waals surface area contributed by atoms with Gasteiger partial charge in [0.15, 0.2) is 0 Å². The summed E-state index contributed by atoms with van der Waals surface area (Å²) in [4.78, 5) is 16.4. The van der Waals surface area contributed by atoms with Crippen molar-refractivity contribution < 1.29 is 9.90 Å². The summed E-state index contributed by atoms with van der Waals surface area (Å²) in [6.45, 7) is 3.70. The fourth-order valence-corrected chi connectivity index (χ4v) is 3.40. The molecule has 3 rings (SSSR count). The third kappa shape index (κ3) is 2.81. The SMILES string of the molecule is CC1=C(C(=O)O)C(c2ccccc2Cl)C(c2ccccn2)=C(C)N1. The molecule has 0 fully saturated rings. The molecule has 1 atom stereocenters. The fourth-order valence-electron chi connectivity index (χ4n) is 3.16. The van der Waals surface area contributed by atoms with E-state index >= 15 is 0 Å². The van der Waals surface area contributed by atoms with Gasteiger partial charge in [-0.25, -0.2) is 4.79 Å². The Hall–Kier alpha value is -2.59. The topological polar surface area (TPSA) is 62.2 Å². The zero-order valence-corrected chi connectivity index (χ0v) is 14.1. The molecule has 1 aromatic heterocycles. The Bertz CT molecular complexity index is 857. The summed E-state index contributed by atoms with van der Waals surface area (Å²) in [5.41, 5.74) is 4.10. The van der Waals surface area contributed by atoms with Crippen LogP contribution in [-0.4, -0.2) is 16.1 Å². The van der Waals surface area contributed by atoms with E-state index < -0.39 is 11.9 Å². The molecule has 1 aliphatic heterocycles. The van der Waals surface area contributed by atoms with Crippen molar-refractivity contribution in [1.29, 1.82) is 0 Å². The minimum absolute atomic E-state index is 0.286. The number of hydrogen-bond donors (Lipinski definition) is 2. The summed E-state index contributed by atoms with van der Waals surface area (Å²) in [6, 6.07) is 12.9. The van der Waals surface area contributed by atoms with Crippen LogP contribution in [0.4, 0.5) is 0 Å². The van der Waals surface area contributed by atoms with Crippen LogP contribution in [0.25, 0.3) is 5.57 Å². The molecule has 1 aliphatic rings. The lowest BCUT2D eigenvalue weighted by atomic mass is 9.79. The Morgan fingerprint density at radius 2 is 1.83 bits per heavy atom. The standard InChI is InChI=1S/C19H17ClN2O2/c1-11-16(15-9-5-6-10-21-15)18(13-7-3-4-8-14(13)20)17(19(23)24)12(2)22-11/h3-10,18,22H,1-2H3,(H,23,24). The number of aromatic nitrogens is 1. The van der Waals surface area contributed by atoms with Crippen molar-refractivity contribution in [2.24, 2.45) is 0 Å². The molecule has 1 unspecified atom stereocenters. The molecule has 0 radical (unpaired) electrons. The first-order valence-corrected chi connectivity index (χ1v) is 7.96. The van der Waals surface area contributed by atoms with E-state index in [0.29, 0.717) is 10.7 Å². The van der Waals surface area contributed by atoms with E-state index in [0.717, 1.165) is 22.5 Å². The smallest absolute Gasteiger partial charge is 0.334 e. The number of rotatable bonds is 3. The van der Waals surface area contributed by atoms with Gasteiger partial charge in [0.1, 0.15) is 0 Å². The third-order valence-corrected chi connectivity index (χ3v) is 4.49. The van der Waals surface area contributed by atoms with Gasteiger partial charge in [-0.3, -0.25) is 4.98 Å². The van der Waals surface area contributed by atoms with E-state index in [1.54, 1.807) is 19.2 Å². The van der Waals surface area contributed by atoms with Gasteiger partial charge in [-0.05, 0) is 37.6 Å². The van der Waals surface area contributed by atoms with Gasteiger partial charge in [-0.1, -0.05) is 35.9 Å². The van der Waals surface area contributed by atoms with Gasteiger partial charge in [0, 0.05) is 34.1 Å². The lowest BCUT2D eigenvalue weighted by Crippen LogP contribution is -2.27. The van der Waals surface area contributed by atoms with Gasteiger partial charge in [0.25, 0.3) is 0 Å². The van der Waals surface area contributed by atoms with Crippen LogP contribution in [0.2, 0.25) is 5.02 Å². The highest BCUT2D eigenvalue weighted by Gasteiger charge is 2.35. The molecule has 1 aromatic carbocycles. The van der Waals surface area contributed by atoms with E-state index in [2.05, 4.69) is 10.3 Å². The van der Waals surface area contributed by atoms with Crippen LogP contribution in [0, 0.1) is 0 Å². The van der Waals surface area contributed by atoms with Gasteiger partial charge in [0.05, 0.1) is 11.3 Å². The van der Waals surface area contributed by atoms with Crippen LogP contribution in [-0.2, 0) is 4.79 Å². The second-order valence-corrected chi connectivity index (χ2v) is 6.08. The lowest BCUT2D eigenvalue weighted by Gasteiger charge is -2.31. The number of carboxylic acid groups (broad SMARTS) is 1. The number of halogens is 1. The Labute approximate surface area is 145 Å². The lowest BCUT2D eigenvalue weighted by molar-refractivity contribution is -0.132. The molecule has 0 saturated heterocycles. The van der Waals surface area contributed by atoms with Crippen LogP contribution < -0.4 is 5.32 Å². The number of dihydropyridines is 1. The number of allylic oxidation sites excluding steroid dienone is 3. The largest absolute Gasteiger partial charge is 0.478 e. The van der Waals surface area contributed by atoms with Gasteiger partial charge in [0.2, 0.25) is 0 Å². The second-order valence-electron chi connectivity index (χ2n) is 5.68. The number of nitrogens with zero attached hydrogens (tertiary/aromatic N) is 1. The zero-order chi connectivity index (χ0) is 17.3. The number of pyridine rings is 1. The molecule has 2 aromatic rings. The van der Waals surface area contributed by atoms with Crippen LogP contribution in [0.1, 0.15) is 31.0 Å². The number of carbonyl (C=O) groups is 1. The normalized spacial score (nSPS) is 17.7. The number of aliphatic carboxylic acids is 1. The molecule has 0 aliphatic carbocycles. The van der Waals surface area contributed by atoms with E-state index in [9.17, 15) is 9.90 Å². The van der Waals surface area contributed by atoms with E-state index in [1.165, 1.54) is 0 Å². The summed E-state index contributed by atoms with van der Waals surface area (Å²) in [7, 11) is 0. The predicted molar refractivity (Wildman–Crippen MR) is 94.5 cm³/mol. The van der Waals surface area contributed by atoms with Crippen molar-refractivity contribution in [3.8, 4) is 0 Å². The number of nitrogens with one attached hydrogen (secondary N) is 1. The summed E-state index contributed by atoms with van der Waals surface area (Å²) >= 11 is 6.40. The van der Waals surface area contributed by atoms with Crippen molar-refractivity contribution in [3.63, 3.8) is 0 Å². The molecule has 0 saturated carbocycles. The average Bonchev–Trinajstić information content (AvgIpc) is 2.55. The van der Waals surface area contributed by atoms with Crippen LogP contribution in [0.3, 0.4) is 0 Å². The van der Waals surface area contributed by atoms with E-state index in [4.69, 9.17) is 11.6 Å². The van der Waals surface area contributed by atoms with Crippen LogP contribution in [0.5, 0.6) is 0 Å². The second kappa shape index (κ2) is 6.49. The minimum Gasteiger partial charge on any atom is -0.478 e. The van der Waals surface area contributed by atoms with Crippen molar-refractivity contribution in [2.45, 2.75) is 19.8 Å². The number of benzene rings is 1. The minimum atomic E-state index is -0.967. The Kier molecular flexibility index (Phi) is 4.40. The molecule has 0 amide bonds. The maximum Gasteiger partial charge on any atom is 0.334 e. The Morgan fingerprint density at radius 1 is 1.12 bits per heavy atom. The number of hydrogen-bond acceptors (Lipinski definition) is 3. The fraction of sp³-hybridized carbons (Fsp3) is 0.158. The summed E-state index contributed by atoms with van der Waals surface area (Å²) < 4.78 is 0. The first kappa shape index (κ1) is 16.3. The molecule has 122 valence electrons. The van der Waals surface area contributed by atoms with Crippen molar-refractivity contribution in [1.82, 2.24) is 10.3 Å².